The fourth-order valence-corrected chi connectivity index (χ4v) is 1.27. The van der Waals surface area contributed by atoms with Crippen molar-refractivity contribution in [3.05, 3.63) is 35.9 Å². The Morgan fingerprint density at radius 1 is 1.44 bits per heavy atom. The maximum Gasteiger partial charge on any atom is 0.323 e. The van der Waals surface area contributed by atoms with Gasteiger partial charge in [-0.05, 0) is 38.8 Å². The zero-order chi connectivity index (χ0) is 12.2. The molecule has 1 aromatic carbocycles. The van der Waals surface area contributed by atoms with Gasteiger partial charge in [-0.15, -0.1) is 0 Å². The minimum absolute atomic E-state index is 0.361. The van der Waals surface area contributed by atoms with Gasteiger partial charge in [-0.1, -0.05) is 24.3 Å². The van der Waals surface area contributed by atoms with E-state index >= 15 is 0 Å². The van der Waals surface area contributed by atoms with Gasteiger partial charge in [0.25, 0.3) is 0 Å². The van der Waals surface area contributed by atoms with Crippen LogP contribution in [0.15, 0.2) is 24.3 Å². The van der Waals surface area contributed by atoms with Crippen LogP contribution < -0.4 is 5.73 Å². The largest absolute Gasteiger partial charge is 0.459 e. The van der Waals surface area contributed by atoms with Crippen LogP contribution in [0.2, 0.25) is 0 Å². The first-order valence-corrected chi connectivity index (χ1v) is 5.32. The molecule has 16 heavy (non-hydrogen) atoms. The minimum atomic E-state index is -0.610. The summed E-state index contributed by atoms with van der Waals surface area (Å²) >= 11 is 0. The molecule has 0 bridgehead atoms. The second kappa shape index (κ2) is 5.12. The van der Waals surface area contributed by atoms with Crippen LogP contribution in [0.3, 0.4) is 0 Å². The number of nitrogens with two attached hydrogens (primary N) is 1. The first-order chi connectivity index (χ1) is 7.38. The van der Waals surface area contributed by atoms with Gasteiger partial charge in [0.15, 0.2) is 0 Å². The van der Waals surface area contributed by atoms with E-state index in [0.717, 1.165) is 5.56 Å². The normalized spacial score (nSPS) is 13.2. The van der Waals surface area contributed by atoms with Crippen LogP contribution in [0.25, 0.3) is 0 Å². The number of carbonyl (C=O) groups excluding carboxylic acids is 1. The summed E-state index contributed by atoms with van der Waals surface area (Å²) in [5.74, 6) is -0.361. The van der Waals surface area contributed by atoms with Gasteiger partial charge in [0, 0.05) is 0 Å². The minimum Gasteiger partial charge on any atom is -0.459 e. The van der Waals surface area contributed by atoms with Crippen molar-refractivity contribution in [1.82, 2.24) is 0 Å². The fourth-order valence-electron chi connectivity index (χ4n) is 1.27. The lowest BCUT2D eigenvalue weighted by atomic mass is 10.1. The average Bonchev–Trinajstić information content (AvgIpc) is 2.16. The van der Waals surface area contributed by atoms with Crippen LogP contribution in [-0.2, 0) is 16.0 Å². The van der Waals surface area contributed by atoms with Crippen molar-refractivity contribution in [2.75, 3.05) is 0 Å². The van der Waals surface area contributed by atoms with E-state index in [2.05, 4.69) is 6.07 Å². The number of rotatable bonds is 3. The Bertz CT molecular complexity index is 341. The van der Waals surface area contributed by atoms with E-state index in [1.807, 2.05) is 32.9 Å². The van der Waals surface area contributed by atoms with Crippen LogP contribution in [0.4, 0.5) is 0 Å². The van der Waals surface area contributed by atoms with Gasteiger partial charge in [0.2, 0.25) is 0 Å². The van der Waals surface area contributed by atoms with E-state index in [1.54, 1.807) is 12.1 Å². The molecule has 3 heteroatoms. The zero-order valence-corrected chi connectivity index (χ0v) is 9.99. The van der Waals surface area contributed by atoms with Crippen molar-refractivity contribution in [2.45, 2.75) is 38.8 Å². The van der Waals surface area contributed by atoms with Crippen LogP contribution in [0.1, 0.15) is 26.3 Å². The van der Waals surface area contributed by atoms with Crippen molar-refractivity contribution >= 4 is 5.97 Å². The first-order valence-electron chi connectivity index (χ1n) is 5.32. The lowest BCUT2D eigenvalue weighted by Gasteiger charge is -2.22. The Morgan fingerprint density at radius 2 is 2.00 bits per heavy atom. The smallest absolute Gasteiger partial charge is 0.323 e. The maximum atomic E-state index is 11.6. The molecule has 1 atom stereocenters. The Hall–Kier alpha value is -1.35. The quantitative estimate of drug-likeness (QED) is 0.789. The maximum absolute atomic E-state index is 11.6. The van der Waals surface area contributed by atoms with Crippen LogP contribution >= 0.6 is 0 Å². The van der Waals surface area contributed by atoms with E-state index in [4.69, 9.17) is 10.5 Å². The lowest BCUT2D eigenvalue weighted by molar-refractivity contribution is -0.156. The molecular formula is C13H18NO2. The molecular weight excluding hydrogens is 202 g/mol. The molecule has 0 saturated heterocycles. The van der Waals surface area contributed by atoms with E-state index in [1.165, 1.54) is 0 Å². The zero-order valence-electron chi connectivity index (χ0n) is 9.99. The SMILES string of the molecule is CC(C)(C)OC(=O)C(N)Cc1cc[c]cc1. The molecule has 0 fully saturated rings. The highest BCUT2D eigenvalue weighted by molar-refractivity contribution is 5.76. The van der Waals surface area contributed by atoms with Crippen molar-refractivity contribution in [3.63, 3.8) is 0 Å². The highest BCUT2D eigenvalue weighted by Gasteiger charge is 2.22. The summed E-state index contributed by atoms with van der Waals surface area (Å²) in [6.07, 6.45) is 0.490. The molecule has 1 radical (unpaired) electrons. The molecule has 1 aromatic rings. The molecule has 2 N–H and O–H groups in total. The predicted molar refractivity (Wildman–Crippen MR) is 62.8 cm³/mol. The van der Waals surface area contributed by atoms with Gasteiger partial charge in [-0.2, -0.15) is 0 Å². The van der Waals surface area contributed by atoms with E-state index in [9.17, 15) is 4.79 Å². The Balaban J connectivity index is 2.53. The van der Waals surface area contributed by atoms with Gasteiger partial charge in [0.1, 0.15) is 11.6 Å². The second-order valence-corrected chi connectivity index (χ2v) is 4.75. The third-order valence-electron chi connectivity index (χ3n) is 1.95. The lowest BCUT2D eigenvalue weighted by Crippen LogP contribution is -2.38. The van der Waals surface area contributed by atoms with E-state index in [0.29, 0.717) is 6.42 Å². The monoisotopic (exact) mass is 220 g/mol. The fraction of sp³-hybridized carbons (Fsp3) is 0.462. The summed E-state index contributed by atoms with van der Waals surface area (Å²) in [7, 11) is 0. The highest BCUT2D eigenvalue weighted by Crippen LogP contribution is 2.10. The molecule has 3 nitrogen and oxygen atoms in total. The molecule has 0 aliphatic heterocycles. The third-order valence-corrected chi connectivity index (χ3v) is 1.95. The summed E-state index contributed by atoms with van der Waals surface area (Å²) in [6.45, 7) is 5.49. The van der Waals surface area contributed by atoms with Gasteiger partial charge in [-0.25, -0.2) is 0 Å². The summed E-state index contributed by atoms with van der Waals surface area (Å²) < 4.78 is 5.20. The van der Waals surface area contributed by atoms with Crippen LogP contribution in [-0.4, -0.2) is 17.6 Å². The average molecular weight is 220 g/mol. The third kappa shape index (κ3) is 4.45. The van der Waals surface area contributed by atoms with Crippen molar-refractivity contribution in [2.24, 2.45) is 5.73 Å². The van der Waals surface area contributed by atoms with Gasteiger partial charge >= 0.3 is 5.97 Å². The molecule has 0 amide bonds. The van der Waals surface area contributed by atoms with Gasteiger partial charge < -0.3 is 10.5 Å². The number of ether oxygens (including phenoxy) is 1. The molecule has 0 aliphatic rings. The van der Waals surface area contributed by atoms with Crippen molar-refractivity contribution < 1.29 is 9.53 Å². The summed E-state index contributed by atoms with van der Waals surface area (Å²) in [5.41, 5.74) is 6.30. The number of esters is 1. The first kappa shape index (κ1) is 12.7. The number of hydrogen-bond donors (Lipinski definition) is 1. The molecule has 0 aromatic heterocycles. The number of benzene rings is 1. The molecule has 0 spiro atoms. The molecule has 87 valence electrons. The Kier molecular flexibility index (Phi) is 4.07. The number of hydrogen-bond acceptors (Lipinski definition) is 3. The molecule has 0 heterocycles. The second-order valence-electron chi connectivity index (χ2n) is 4.75. The summed E-state index contributed by atoms with van der Waals surface area (Å²) in [4.78, 5) is 11.6. The van der Waals surface area contributed by atoms with Gasteiger partial charge in [0.05, 0.1) is 0 Å². The molecule has 1 unspecified atom stereocenters. The van der Waals surface area contributed by atoms with Crippen LogP contribution in [0, 0.1) is 6.07 Å². The highest BCUT2D eigenvalue weighted by atomic mass is 16.6. The van der Waals surface area contributed by atoms with Crippen molar-refractivity contribution in [1.29, 1.82) is 0 Å². The van der Waals surface area contributed by atoms with Crippen molar-refractivity contribution in [3.8, 4) is 0 Å². The standard InChI is InChI=1S/C13H18NO2/c1-13(2,3)16-12(15)11(14)9-10-7-5-4-6-8-10/h5-8,11H,9,14H2,1-3H3. The Labute approximate surface area is 96.6 Å². The van der Waals surface area contributed by atoms with E-state index in [-0.39, 0.29) is 5.97 Å². The Morgan fingerprint density at radius 3 is 2.50 bits per heavy atom. The van der Waals surface area contributed by atoms with Gasteiger partial charge in [-0.3, -0.25) is 4.79 Å². The summed E-state index contributed by atoms with van der Waals surface area (Å²) in [5, 5.41) is 0. The van der Waals surface area contributed by atoms with E-state index < -0.39 is 11.6 Å². The predicted octanol–water partition coefficient (Wildman–Crippen LogP) is 1.70. The molecule has 0 aliphatic carbocycles. The topological polar surface area (TPSA) is 52.3 Å². The summed E-state index contributed by atoms with van der Waals surface area (Å²) in [6, 6.07) is 9.70. The molecule has 0 saturated carbocycles. The van der Waals surface area contributed by atoms with Crippen LogP contribution in [0.5, 0.6) is 0 Å². The number of carbonyl (C=O) groups is 1. The molecule has 1 rings (SSSR count).